The highest BCUT2D eigenvalue weighted by Crippen LogP contribution is 2.33. The lowest BCUT2D eigenvalue weighted by Crippen LogP contribution is -2.19. The summed E-state index contributed by atoms with van der Waals surface area (Å²) in [5, 5.41) is 0. The monoisotopic (exact) mass is 410 g/mol. The normalized spacial score (nSPS) is 17.1. The molecule has 0 radical (unpaired) electrons. The van der Waals surface area contributed by atoms with Gasteiger partial charge in [0.1, 0.15) is 0 Å². The van der Waals surface area contributed by atoms with Crippen LogP contribution in [-0.2, 0) is 0 Å². The third kappa shape index (κ3) is 7.71. The second-order valence-corrected chi connectivity index (χ2v) is 6.45. The van der Waals surface area contributed by atoms with E-state index in [1.807, 2.05) is 39.8 Å². The lowest BCUT2D eigenvalue weighted by molar-refractivity contribution is 0.635. The molecule has 0 spiro atoms. The molecule has 1 aliphatic heterocycles. The van der Waals surface area contributed by atoms with Crippen molar-refractivity contribution in [3.05, 3.63) is 52.9 Å². The van der Waals surface area contributed by atoms with Crippen molar-refractivity contribution < 1.29 is 0 Å². The number of nitrogens with one attached hydrogen (secondary N) is 1. The van der Waals surface area contributed by atoms with Gasteiger partial charge in [0, 0.05) is 29.1 Å². The number of aromatic amines is 1. The summed E-state index contributed by atoms with van der Waals surface area (Å²) in [6, 6.07) is 2.26. The van der Waals surface area contributed by atoms with Gasteiger partial charge in [-0.3, -0.25) is 4.99 Å². The summed E-state index contributed by atoms with van der Waals surface area (Å²) in [6.45, 7) is 14.4. The van der Waals surface area contributed by atoms with E-state index >= 15 is 0 Å². The largest absolute Gasteiger partial charge is 0.358 e. The van der Waals surface area contributed by atoms with Crippen molar-refractivity contribution in [1.82, 2.24) is 4.98 Å². The van der Waals surface area contributed by atoms with Gasteiger partial charge < -0.3 is 4.98 Å². The van der Waals surface area contributed by atoms with Gasteiger partial charge in [0.2, 0.25) is 0 Å². The Balaban J connectivity index is 0.00000158. The Morgan fingerprint density at radius 3 is 2.33 bits per heavy atom. The van der Waals surface area contributed by atoms with E-state index in [2.05, 4.69) is 50.0 Å². The highest BCUT2D eigenvalue weighted by molar-refractivity contribution is 6.19. The maximum absolute atomic E-state index is 6.31. The number of allylic oxidation sites excluding steroid dienone is 4. The summed E-state index contributed by atoms with van der Waals surface area (Å²) in [7, 11) is 0. The van der Waals surface area contributed by atoms with E-state index in [9.17, 15) is 0 Å². The Kier molecular flexibility index (Phi) is 14.1. The van der Waals surface area contributed by atoms with Crippen LogP contribution in [0.4, 0.5) is 0 Å². The molecule has 2 unspecified atom stereocenters. The molecule has 0 saturated carbocycles. The molecule has 4 heteroatoms. The van der Waals surface area contributed by atoms with E-state index in [1.165, 1.54) is 16.8 Å². The standard InChI is InChI=1S/C19H24Cl2N2.2C2H6/c1-4-5-7-15-10-13(2)18(22-15)17(12-21)19-14(3)11-16(23-19)8-6-9-20;2*1-2/h5-8,10-11,17,19,22H,4,9,12H2,1-3H3;2*1-2H3/b7-5+,8-6+;;. The molecule has 0 aliphatic carbocycles. The number of aromatic nitrogens is 1. The smallest absolute Gasteiger partial charge is 0.0811 e. The zero-order valence-electron chi connectivity index (χ0n) is 17.9. The van der Waals surface area contributed by atoms with Crippen molar-refractivity contribution in [3.8, 4) is 0 Å². The fourth-order valence-corrected chi connectivity index (χ4v) is 3.33. The summed E-state index contributed by atoms with van der Waals surface area (Å²) in [6.07, 6.45) is 11.3. The summed E-state index contributed by atoms with van der Waals surface area (Å²) >= 11 is 12.0. The summed E-state index contributed by atoms with van der Waals surface area (Å²) < 4.78 is 0. The molecule has 0 fully saturated rings. The van der Waals surface area contributed by atoms with Crippen LogP contribution in [0.25, 0.3) is 6.08 Å². The van der Waals surface area contributed by atoms with Crippen molar-refractivity contribution in [3.63, 3.8) is 0 Å². The Morgan fingerprint density at radius 1 is 1.11 bits per heavy atom. The minimum absolute atomic E-state index is 0.0860. The Labute approximate surface area is 176 Å². The van der Waals surface area contributed by atoms with Gasteiger partial charge in [0.25, 0.3) is 0 Å². The van der Waals surface area contributed by atoms with Crippen molar-refractivity contribution in [2.24, 2.45) is 4.99 Å². The highest BCUT2D eigenvalue weighted by atomic mass is 35.5. The van der Waals surface area contributed by atoms with Crippen LogP contribution in [0.1, 0.15) is 70.8 Å². The van der Waals surface area contributed by atoms with E-state index in [-0.39, 0.29) is 12.0 Å². The van der Waals surface area contributed by atoms with Crippen molar-refractivity contribution in [1.29, 1.82) is 0 Å². The highest BCUT2D eigenvalue weighted by Gasteiger charge is 2.29. The molecule has 1 N–H and O–H groups in total. The molecule has 0 aromatic carbocycles. The lowest BCUT2D eigenvalue weighted by Gasteiger charge is -2.20. The molecular weight excluding hydrogens is 375 g/mol. The molecule has 0 bridgehead atoms. The first-order chi connectivity index (χ1) is 13.1. The molecule has 0 amide bonds. The molecule has 1 aromatic heterocycles. The molecule has 0 saturated heterocycles. The zero-order chi connectivity index (χ0) is 20.8. The van der Waals surface area contributed by atoms with Crippen LogP contribution in [0, 0.1) is 6.92 Å². The average Bonchev–Trinajstić information content (AvgIpc) is 3.25. The topological polar surface area (TPSA) is 28.1 Å². The fraction of sp³-hybridized carbons (Fsp3) is 0.522. The number of aliphatic imine (C=N–C) groups is 1. The van der Waals surface area contributed by atoms with Gasteiger partial charge >= 0.3 is 0 Å². The number of rotatable bonds is 7. The third-order valence-electron chi connectivity index (χ3n) is 4.04. The molecular formula is C23H36Cl2N2. The van der Waals surface area contributed by atoms with Gasteiger partial charge in [-0.1, -0.05) is 46.8 Å². The van der Waals surface area contributed by atoms with Crippen LogP contribution in [-0.4, -0.2) is 28.5 Å². The summed E-state index contributed by atoms with van der Waals surface area (Å²) in [5.74, 6) is 1.18. The van der Waals surface area contributed by atoms with Crippen LogP contribution in [0.2, 0.25) is 0 Å². The molecule has 1 aliphatic rings. The molecule has 2 heterocycles. The summed E-state index contributed by atoms with van der Waals surface area (Å²) in [5.41, 5.74) is 5.75. The van der Waals surface area contributed by atoms with Gasteiger partial charge in [-0.2, -0.15) is 0 Å². The number of alkyl halides is 2. The average molecular weight is 411 g/mol. The first-order valence-corrected chi connectivity index (χ1v) is 11.1. The van der Waals surface area contributed by atoms with Crippen LogP contribution < -0.4 is 0 Å². The molecule has 2 rings (SSSR count). The third-order valence-corrected chi connectivity index (χ3v) is 4.55. The minimum atomic E-state index is 0.0860. The van der Waals surface area contributed by atoms with Gasteiger partial charge in [-0.15, -0.1) is 23.2 Å². The predicted molar refractivity (Wildman–Crippen MR) is 126 cm³/mol. The molecule has 2 nitrogen and oxygen atoms in total. The van der Waals surface area contributed by atoms with Crippen LogP contribution in [0.15, 0.2) is 40.9 Å². The van der Waals surface area contributed by atoms with E-state index in [0.29, 0.717) is 11.8 Å². The number of nitrogens with zero attached hydrogens (tertiary/aromatic N) is 1. The quantitative estimate of drug-likeness (QED) is 0.446. The first kappa shape index (κ1) is 25.8. The van der Waals surface area contributed by atoms with Crippen LogP contribution >= 0.6 is 23.2 Å². The minimum Gasteiger partial charge on any atom is -0.358 e. The van der Waals surface area contributed by atoms with E-state index in [0.717, 1.165) is 17.8 Å². The lowest BCUT2D eigenvalue weighted by atomic mass is 9.92. The van der Waals surface area contributed by atoms with Crippen LogP contribution in [0.5, 0.6) is 0 Å². The zero-order valence-corrected chi connectivity index (χ0v) is 19.5. The predicted octanol–water partition coefficient (Wildman–Crippen LogP) is 7.69. The molecule has 1 aromatic rings. The number of H-pyrrole nitrogens is 1. The van der Waals surface area contributed by atoms with Gasteiger partial charge in [0.05, 0.1) is 11.8 Å². The Bertz CT molecular complexity index is 651. The van der Waals surface area contributed by atoms with E-state index in [1.54, 1.807) is 0 Å². The Morgan fingerprint density at radius 2 is 1.78 bits per heavy atom. The molecule has 2 atom stereocenters. The Hall–Kier alpha value is -1.25. The number of halogens is 2. The first-order valence-electron chi connectivity index (χ1n) is 10.0. The maximum atomic E-state index is 6.31. The van der Waals surface area contributed by atoms with Gasteiger partial charge in [0.15, 0.2) is 0 Å². The number of aryl methyl sites for hydroxylation is 1. The number of hydrogen-bond acceptors (Lipinski definition) is 1. The van der Waals surface area contributed by atoms with E-state index in [4.69, 9.17) is 28.2 Å². The molecule has 152 valence electrons. The van der Waals surface area contributed by atoms with E-state index < -0.39 is 0 Å². The van der Waals surface area contributed by atoms with Gasteiger partial charge in [-0.05, 0) is 55.7 Å². The SMILES string of the molecule is CC.CC.CC/C=C/c1cc(C)c(C(CCl)C2N=C(/C=C/CCl)C=C2C)[nH]1. The fourth-order valence-electron chi connectivity index (χ4n) is 2.92. The molecule has 27 heavy (non-hydrogen) atoms. The van der Waals surface area contributed by atoms with Crippen molar-refractivity contribution in [2.75, 3.05) is 11.8 Å². The van der Waals surface area contributed by atoms with Crippen LogP contribution in [0.3, 0.4) is 0 Å². The maximum Gasteiger partial charge on any atom is 0.0811 e. The second kappa shape index (κ2) is 14.8. The van der Waals surface area contributed by atoms with Crippen molar-refractivity contribution in [2.45, 2.75) is 66.8 Å². The second-order valence-electron chi connectivity index (χ2n) is 5.84. The van der Waals surface area contributed by atoms with Gasteiger partial charge in [-0.25, -0.2) is 0 Å². The van der Waals surface area contributed by atoms with Crippen molar-refractivity contribution >= 4 is 35.0 Å². The number of hydrogen-bond donors (Lipinski definition) is 1. The summed E-state index contributed by atoms with van der Waals surface area (Å²) in [4.78, 5) is 8.34.